The number of hydrogen-bond donors (Lipinski definition) is 0. The molecule has 4 rings (SSSR count). The molecule has 0 unspecified atom stereocenters. The molecule has 4 heterocycles. The van der Waals surface area contributed by atoms with Crippen LogP contribution in [0.4, 0.5) is 9.59 Å². The molecule has 0 N–H and O–H groups in total. The third-order valence-corrected chi connectivity index (χ3v) is 6.42. The predicted octanol–water partition coefficient (Wildman–Crippen LogP) is 4.31. The molecule has 32 heavy (non-hydrogen) atoms. The maximum absolute atomic E-state index is 12.8. The normalized spacial score (nSPS) is 20.9. The van der Waals surface area contributed by atoms with E-state index in [-0.39, 0.29) is 12.6 Å². The van der Waals surface area contributed by atoms with Crippen LogP contribution < -0.4 is 0 Å². The molecule has 0 spiro atoms. The van der Waals surface area contributed by atoms with Crippen LogP contribution in [0.2, 0.25) is 5.15 Å². The van der Waals surface area contributed by atoms with Crippen molar-refractivity contribution in [3.05, 3.63) is 22.4 Å². The molecule has 2 amide bonds. The number of carbonyl (C=O) groups excluding carboxylic acids is 2. The van der Waals surface area contributed by atoms with E-state index in [1.807, 2.05) is 26.8 Å². The Bertz CT molecular complexity index is 1080. The van der Waals surface area contributed by atoms with Gasteiger partial charge in [0.25, 0.3) is 0 Å². The van der Waals surface area contributed by atoms with Gasteiger partial charge < -0.3 is 14.4 Å². The highest BCUT2D eigenvalue weighted by atomic mass is 35.5. The summed E-state index contributed by atoms with van der Waals surface area (Å²) in [6.07, 6.45) is 2.58. The van der Waals surface area contributed by atoms with Crippen LogP contribution in [0.15, 0.2) is 12.4 Å². The molecule has 2 aliphatic heterocycles. The number of carbonyl (C=O) groups is 2. The topological polar surface area (TPSA) is 84.9 Å². The molecule has 8 nitrogen and oxygen atoms in total. The van der Waals surface area contributed by atoms with Gasteiger partial charge in [-0.2, -0.15) is 0 Å². The molecular formula is C22H25ClN4O4S. The van der Waals surface area contributed by atoms with Gasteiger partial charge in [0.2, 0.25) is 0 Å². The van der Waals surface area contributed by atoms with E-state index in [2.05, 4.69) is 21.8 Å². The van der Waals surface area contributed by atoms with E-state index in [1.54, 1.807) is 9.80 Å². The third kappa shape index (κ3) is 5.25. The number of aromatic nitrogens is 2. The van der Waals surface area contributed by atoms with Gasteiger partial charge in [-0.3, -0.25) is 4.90 Å². The van der Waals surface area contributed by atoms with Crippen molar-refractivity contribution >= 4 is 45.3 Å². The van der Waals surface area contributed by atoms with Gasteiger partial charge in [-0.1, -0.05) is 23.4 Å². The minimum Gasteiger partial charge on any atom is -0.444 e. The van der Waals surface area contributed by atoms with Crippen LogP contribution in [0, 0.1) is 11.8 Å². The van der Waals surface area contributed by atoms with E-state index in [0.29, 0.717) is 24.7 Å². The number of nitrogens with zero attached hydrogens (tertiary/aromatic N) is 4. The van der Waals surface area contributed by atoms with Crippen molar-refractivity contribution in [1.29, 1.82) is 0 Å². The molecular weight excluding hydrogens is 452 g/mol. The Hall–Kier alpha value is -2.57. The van der Waals surface area contributed by atoms with Gasteiger partial charge in [0.05, 0.1) is 16.8 Å². The Balaban J connectivity index is 1.52. The number of halogens is 1. The van der Waals surface area contributed by atoms with Gasteiger partial charge in [0.1, 0.15) is 34.1 Å². The van der Waals surface area contributed by atoms with Gasteiger partial charge in [-0.05, 0) is 39.7 Å². The molecule has 2 fully saturated rings. The number of hydrogen-bond acceptors (Lipinski definition) is 7. The van der Waals surface area contributed by atoms with Gasteiger partial charge in [0, 0.05) is 19.5 Å². The van der Waals surface area contributed by atoms with Gasteiger partial charge in [0.15, 0.2) is 0 Å². The summed E-state index contributed by atoms with van der Waals surface area (Å²) in [5.41, 5.74) is -0.639. The van der Waals surface area contributed by atoms with E-state index in [9.17, 15) is 9.59 Å². The summed E-state index contributed by atoms with van der Waals surface area (Å²) in [5.74, 6) is 6.28. The average Bonchev–Trinajstić information content (AvgIpc) is 3.45. The second kappa shape index (κ2) is 9.12. The Kier molecular flexibility index (Phi) is 6.45. The van der Waals surface area contributed by atoms with E-state index < -0.39 is 23.8 Å². The zero-order valence-electron chi connectivity index (χ0n) is 18.3. The first-order valence-corrected chi connectivity index (χ1v) is 11.8. The van der Waals surface area contributed by atoms with E-state index in [1.165, 1.54) is 17.7 Å². The lowest BCUT2D eigenvalue weighted by atomic mass is 10.2. The van der Waals surface area contributed by atoms with Crippen molar-refractivity contribution in [2.45, 2.75) is 57.8 Å². The van der Waals surface area contributed by atoms with Gasteiger partial charge >= 0.3 is 12.2 Å². The van der Waals surface area contributed by atoms with Crippen molar-refractivity contribution in [3.63, 3.8) is 0 Å². The summed E-state index contributed by atoms with van der Waals surface area (Å²) in [6.45, 7) is 7.11. The largest absolute Gasteiger partial charge is 0.444 e. The fourth-order valence-electron chi connectivity index (χ4n) is 3.70. The molecule has 2 aliphatic rings. The standard InChI is InChI=1S/C22H25ClN4O4S/c1-22(2,3)31-21(29)27-12-15(30-20(28)26-8-4-5-9-26)10-14(27)6-7-16-11-17-18(23)24-13-25-19(17)32-16/h11,13-15H,4-5,8-10,12H2,1-3H3/t14-,15+/m1/s1. The number of rotatable bonds is 1. The number of fused-ring (bicyclic) bond motifs is 1. The lowest BCUT2D eigenvalue weighted by molar-refractivity contribution is 0.0219. The van der Waals surface area contributed by atoms with Crippen LogP contribution in [0.1, 0.15) is 44.9 Å². The van der Waals surface area contributed by atoms with Crippen LogP contribution in [-0.2, 0) is 9.47 Å². The molecule has 2 saturated heterocycles. The van der Waals surface area contributed by atoms with Crippen molar-refractivity contribution < 1.29 is 19.1 Å². The molecule has 0 saturated carbocycles. The highest BCUT2D eigenvalue weighted by Gasteiger charge is 2.39. The predicted molar refractivity (Wildman–Crippen MR) is 122 cm³/mol. The molecule has 170 valence electrons. The summed E-state index contributed by atoms with van der Waals surface area (Å²) in [7, 11) is 0. The summed E-state index contributed by atoms with van der Waals surface area (Å²) in [4.78, 5) is 38.2. The van der Waals surface area contributed by atoms with Crippen LogP contribution in [0.3, 0.4) is 0 Å². The monoisotopic (exact) mass is 476 g/mol. The second-order valence-corrected chi connectivity index (χ2v) is 10.2. The Morgan fingerprint density at radius 1 is 1.22 bits per heavy atom. The minimum absolute atomic E-state index is 0.248. The average molecular weight is 477 g/mol. The molecule has 0 bridgehead atoms. The summed E-state index contributed by atoms with van der Waals surface area (Å²) in [6, 6.07) is 1.40. The fourth-order valence-corrected chi connectivity index (χ4v) is 4.81. The first kappa shape index (κ1) is 22.6. The molecule has 10 heteroatoms. The lowest BCUT2D eigenvalue weighted by Gasteiger charge is -2.26. The Morgan fingerprint density at radius 3 is 2.66 bits per heavy atom. The quantitative estimate of drug-likeness (QED) is 0.450. The Labute approximate surface area is 195 Å². The molecule has 0 radical (unpaired) electrons. The molecule has 0 aliphatic carbocycles. The Morgan fingerprint density at radius 2 is 1.97 bits per heavy atom. The fraction of sp³-hybridized carbons (Fsp3) is 0.545. The maximum atomic E-state index is 12.8. The summed E-state index contributed by atoms with van der Waals surface area (Å²) < 4.78 is 11.2. The zero-order chi connectivity index (χ0) is 22.9. The summed E-state index contributed by atoms with van der Waals surface area (Å²) in [5, 5.41) is 1.13. The van der Waals surface area contributed by atoms with Crippen LogP contribution in [-0.4, -0.2) is 69.3 Å². The third-order valence-electron chi connectivity index (χ3n) is 5.17. The molecule has 2 aromatic heterocycles. The number of thiophene rings is 1. The van der Waals surface area contributed by atoms with Crippen LogP contribution in [0.5, 0.6) is 0 Å². The number of ether oxygens (including phenoxy) is 2. The van der Waals surface area contributed by atoms with Crippen molar-refractivity contribution in [2.75, 3.05) is 19.6 Å². The van der Waals surface area contributed by atoms with Gasteiger partial charge in [-0.15, -0.1) is 11.3 Å². The first-order chi connectivity index (χ1) is 15.2. The van der Waals surface area contributed by atoms with Gasteiger partial charge in [-0.25, -0.2) is 19.6 Å². The van der Waals surface area contributed by atoms with Crippen molar-refractivity contribution in [3.8, 4) is 11.8 Å². The van der Waals surface area contributed by atoms with Crippen molar-refractivity contribution in [2.24, 2.45) is 0 Å². The smallest absolute Gasteiger partial charge is 0.411 e. The van der Waals surface area contributed by atoms with E-state index in [4.69, 9.17) is 21.1 Å². The maximum Gasteiger partial charge on any atom is 0.411 e. The van der Waals surface area contributed by atoms with E-state index in [0.717, 1.165) is 27.9 Å². The highest BCUT2D eigenvalue weighted by Crippen LogP contribution is 2.28. The SMILES string of the molecule is CC(C)(C)OC(=O)N1C[C@@H](OC(=O)N2CCCC2)C[C@H]1C#Cc1cc2c(Cl)ncnc2s1. The molecule has 2 atom stereocenters. The van der Waals surface area contributed by atoms with E-state index >= 15 is 0 Å². The summed E-state index contributed by atoms with van der Waals surface area (Å²) >= 11 is 7.54. The molecule has 2 aromatic rings. The number of likely N-dealkylation sites (tertiary alicyclic amines) is 2. The molecule has 0 aromatic carbocycles. The zero-order valence-corrected chi connectivity index (χ0v) is 19.8. The number of amides is 2. The minimum atomic E-state index is -0.639. The highest BCUT2D eigenvalue weighted by molar-refractivity contribution is 7.19. The van der Waals surface area contributed by atoms with Crippen molar-refractivity contribution in [1.82, 2.24) is 19.8 Å². The van der Waals surface area contributed by atoms with Crippen LogP contribution >= 0.6 is 22.9 Å². The first-order valence-electron chi connectivity index (χ1n) is 10.6. The lowest BCUT2D eigenvalue weighted by Crippen LogP contribution is -2.40. The van der Waals surface area contributed by atoms with Crippen LogP contribution in [0.25, 0.3) is 10.2 Å². The second-order valence-electron chi connectivity index (χ2n) is 8.85.